The Bertz CT molecular complexity index is 725. The van der Waals surface area contributed by atoms with Gasteiger partial charge in [-0.05, 0) is 36.1 Å². The Labute approximate surface area is 131 Å². The van der Waals surface area contributed by atoms with Gasteiger partial charge < -0.3 is 9.47 Å². The lowest BCUT2D eigenvalue weighted by atomic mass is 10.1. The van der Waals surface area contributed by atoms with Crippen LogP contribution in [-0.4, -0.2) is 12.1 Å². The Morgan fingerprint density at radius 3 is 2.95 bits per heavy atom. The van der Waals surface area contributed by atoms with Gasteiger partial charge in [0.15, 0.2) is 0 Å². The maximum atomic E-state index is 8.97. The van der Waals surface area contributed by atoms with Crippen molar-refractivity contribution in [2.24, 2.45) is 0 Å². The van der Waals surface area contributed by atoms with E-state index in [0.29, 0.717) is 17.3 Å². The number of fused-ring (bicyclic) bond motifs is 1. The van der Waals surface area contributed by atoms with Crippen molar-refractivity contribution < 1.29 is 9.47 Å². The maximum absolute atomic E-state index is 8.97. The minimum atomic E-state index is -0.0114. The number of ether oxygens (including phenoxy) is 2. The number of hydrogen-bond donors (Lipinski definition) is 0. The third-order valence-corrected chi connectivity index (χ3v) is 4.31. The van der Waals surface area contributed by atoms with Crippen molar-refractivity contribution in [3.63, 3.8) is 0 Å². The van der Waals surface area contributed by atoms with Gasteiger partial charge in [0, 0.05) is 10.5 Å². The van der Waals surface area contributed by atoms with Gasteiger partial charge in [0.2, 0.25) is 11.8 Å². The number of pyridine rings is 1. The number of aromatic nitrogens is 1. The molecule has 1 aromatic carbocycles. The van der Waals surface area contributed by atoms with Gasteiger partial charge in [-0.3, -0.25) is 0 Å². The molecule has 0 spiro atoms. The fourth-order valence-corrected chi connectivity index (χ4v) is 3.15. The molecular formula is C16H13BrN2O2. The normalized spacial score (nSPS) is 16.1. The van der Waals surface area contributed by atoms with Crippen LogP contribution in [0.15, 0.2) is 34.8 Å². The first-order chi connectivity index (χ1) is 10.2. The molecule has 0 aliphatic heterocycles. The first-order valence-electron chi connectivity index (χ1n) is 6.62. The van der Waals surface area contributed by atoms with Gasteiger partial charge in [0.1, 0.15) is 17.7 Å². The molecule has 2 aromatic rings. The van der Waals surface area contributed by atoms with E-state index in [0.717, 1.165) is 17.3 Å². The highest BCUT2D eigenvalue weighted by Crippen LogP contribution is 2.38. The van der Waals surface area contributed by atoms with Crippen LogP contribution in [0, 0.1) is 11.3 Å². The number of nitrogens with zero attached hydrogens (tertiary/aromatic N) is 2. The van der Waals surface area contributed by atoms with Crippen LogP contribution < -0.4 is 9.47 Å². The van der Waals surface area contributed by atoms with Crippen molar-refractivity contribution in [3.8, 4) is 17.8 Å². The molecule has 0 saturated carbocycles. The number of rotatable bonds is 3. The van der Waals surface area contributed by atoms with Crippen LogP contribution in [0.4, 0.5) is 0 Å². The topological polar surface area (TPSA) is 55.1 Å². The molecule has 1 aliphatic rings. The Morgan fingerprint density at radius 2 is 2.19 bits per heavy atom. The standard InChI is InChI=1S/C16H13BrN2O2/c1-20-16-10(9-18)5-8-15(19-16)21-14-7-6-11-12(14)3-2-4-13(11)17/h2-5,8,14H,6-7H2,1H3. The van der Waals surface area contributed by atoms with Crippen LogP contribution >= 0.6 is 15.9 Å². The number of methoxy groups -OCH3 is 1. The molecule has 3 rings (SSSR count). The molecule has 0 saturated heterocycles. The highest BCUT2D eigenvalue weighted by molar-refractivity contribution is 9.10. The van der Waals surface area contributed by atoms with Crippen molar-refractivity contribution in [1.29, 1.82) is 5.26 Å². The maximum Gasteiger partial charge on any atom is 0.234 e. The SMILES string of the molecule is COc1nc(OC2CCc3c(Br)cccc32)ccc1C#N. The predicted molar refractivity (Wildman–Crippen MR) is 81.3 cm³/mol. The monoisotopic (exact) mass is 344 g/mol. The molecule has 1 aromatic heterocycles. The molecule has 0 radical (unpaired) electrons. The summed E-state index contributed by atoms with van der Waals surface area (Å²) < 4.78 is 12.2. The van der Waals surface area contributed by atoms with Gasteiger partial charge in [-0.15, -0.1) is 0 Å². The second-order valence-corrected chi connectivity index (χ2v) is 5.63. The molecule has 1 unspecified atom stereocenters. The Hall–Kier alpha value is -2.06. The van der Waals surface area contributed by atoms with E-state index in [-0.39, 0.29) is 6.10 Å². The summed E-state index contributed by atoms with van der Waals surface area (Å²) >= 11 is 3.57. The van der Waals surface area contributed by atoms with Gasteiger partial charge in [-0.1, -0.05) is 28.1 Å². The molecule has 4 nitrogen and oxygen atoms in total. The van der Waals surface area contributed by atoms with Crippen LogP contribution in [0.25, 0.3) is 0 Å². The lowest BCUT2D eigenvalue weighted by molar-refractivity contribution is 0.196. The summed E-state index contributed by atoms with van der Waals surface area (Å²) in [6.07, 6.45) is 1.89. The lowest BCUT2D eigenvalue weighted by Crippen LogP contribution is -2.05. The van der Waals surface area contributed by atoms with E-state index in [4.69, 9.17) is 14.7 Å². The molecule has 1 aliphatic carbocycles. The fraction of sp³-hybridized carbons (Fsp3) is 0.250. The first kappa shape index (κ1) is 13.9. The molecule has 1 heterocycles. The van der Waals surface area contributed by atoms with E-state index >= 15 is 0 Å². The molecule has 106 valence electrons. The van der Waals surface area contributed by atoms with Crippen molar-refractivity contribution in [1.82, 2.24) is 4.98 Å². The van der Waals surface area contributed by atoms with Crippen LogP contribution in [0.3, 0.4) is 0 Å². The molecule has 0 N–H and O–H groups in total. The van der Waals surface area contributed by atoms with E-state index in [9.17, 15) is 0 Å². The summed E-state index contributed by atoms with van der Waals surface area (Å²) in [5.41, 5.74) is 2.89. The van der Waals surface area contributed by atoms with Gasteiger partial charge >= 0.3 is 0 Å². The molecule has 0 fully saturated rings. The summed E-state index contributed by atoms with van der Waals surface area (Å²) in [6.45, 7) is 0. The number of nitriles is 1. The molecule has 21 heavy (non-hydrogen) atoms. The minimum Gasteiger partial charge on any atom is -0.480 e. The second kappa shape index (κ2) is 5.74. The van der Waals surface area contributed by atoms with Crippen LogP contribution in [-0.2, 0) is 6.42 Å². The number of hydrogen-bond acceptors (Lipinski definition) is 4. The van der Waals surface area contributed by atoms with Crippen molar-refractivity contribution in [3.05, 3.63) is 51.5 Å². The van der Waals surface area contributed by atoms with E-state index in [1.54, 1.807) is 12.1 Å². The number of benzene rings is 1. The van der Waals surface area contributed by atoms with Crippen molar-refractivity contribution in [2.45, 2.75) is 18.9 Å². The average molecular weight is 345 g/mol. The third-order valence-electron chi connectivity index (χ3n) is 3.57. The zero-order chi connectivity index (χ0) is 14.8. The number of halogens is 1. The summed E-state index contributed by atoms with van der Waals surface area (Å²) in [7, 11) is 1.49. The Kier molecular flexibility index (Phi) is 3.80. The zero-order valence-corrected chi connectivity index (χ0v) is 13.1. The smallest absolute Gasteiger partial charge is 0.234 e. The van der Waals surface area contributed by atoms with Crippen LogP contribution in [0.1, 0.15) is 29.2 Å². The highest BCUT2D eigenvalue weighted by atomic mass is 79.9. The van der Waals surface area contributed by atoms with E-state index < -0.39 is 0 Å². The second-order valence-electron chi connectivity index (χ2n) is 4.77. The molecular weight excluding hydrogens is 332 g/mol. The Balaban J connectivity index is 1.87. The van der Waals surface area contributed by atoms with Crippen LogP contribution in [0.2, 0.25) is 0 Å². The zero-order valence-electron chi connectivity index (χ0n) is 11.5. The van der Waals surface area contributed by atoms with E-state index in [1.165, 1.54) is 18.2 Å². The average Bonchev–Trinajstić information content (AvgIpc) is 2.92. The van der Waals surface area contributed by atoms with Crippen molar-refractivity contribution in [2.75, 3.05) is 7.11 Å². The van der Waals surface area contributed by atoms with Gasteiger partial charge in [0.25, 0.3) is 0 Å². The van der Waals surface area contributed by atoms with Gasteiger partial charge in [-0.2, -0.15) is 10.2 Å². The van der Waals surface area contributed by atoms with Crippen LogP contribution in [0.5, 0.6) is 11.8 Å². The summed E-state index contributed by atoms with van der Waals surface area (Å²) in [6, 6.07) is 11.6. The van der Waals surface area contributed by atoms with Crippen molar-refractivity contribution >= 4 is 15.9 Å². The first-order valence-corrected chi connectivity index (χ1v) is 7.41. The largest absolute Gasteiger partial charge is 0.480 e. The molecule has 5 heteroatoms. The Morgan fingerprint density at radius 1 is 1.33 bits per heavy atom. The quantitative estimate of drug-likeness (QED) is 0.849. The van der Waals surface area contributed by atoms with E-state index in [2.05, 4.69) is 27.0 Å². The lowest BCUT2D eigenvalue weighted by Gasteiger charge is -2.15. The molecule has 0 bridgehead atoms. The van der Waals surface area contributed by atoms with E-state index in [1.807, 2.05) is 18.2 Å². The third kappa shape index (κ3) is 2.59. The summed E-state index contributed by atoms with van der Waals surface area (Å²) in [5.74, 6) is 0.770. The molecule has 1 atom stereocenters. The summed E-state index contributed by atoms with van der Waals surface area (Å²) in [5, 5.41) is 8.97. The predicted octanol–water partition coefficient (Wildman–Crippen LogP) is 3.79. The van der Waals surface area contributed by atoms with Gasteiger partial charge in [0.05, 0.1) is 7.11 Å². The minimum absolute atomic E-state index is 0.0114. The van der Waals surface area contributed by atoms with Gasteiger partial charge in [-0.25, -0.2) is 0 Å². The fourth-order valence-electron chi connectivity index (χ4n) is 2.57. The molecule has 0 amide bonds. The summed E-state index contributed by atoms with van der Waals surface area (Å²) in [4.78, 5) is 4.24. The highest BCUT2D eigenvalue weighted by Gasteiger charge is 2.26.